The van der Waals surface area contributed by atoms with Crippen molar-refractivity contribution in [2.75, 3.05) is 6.61 Å². The summed E-state index contributed by atoms with van der Waals surface area (Å²) >= 11 is 0. The number of carbonyl (C=O) groups is 2. The summed E-state index contributed by atoms with van der Waals surface area (Å²) in [7, 11) is 0. The van der Waals surface area contributed by atoms with Gasteiger partial charge >= 0.3 is 6.18 Å². The van der Waals surface area contributed by atoms with Gasteiger partial charge in [0.05, 0.1) is 10.5 Å². The first-order valence-electron chi connectivity index (χ1n) is 7.30. The van der Waals surface area contributed by atoms with Crippen molar-refractivity contribution >= 4 is 17.5 Å². The molecule has 0 aliphatic rings. The van der Waals surface area contributed by atoms with E-state index in [9.17, 15) is 32.9 Å². The number of hydrogen-bond acceptors (Lipinski definition) is 5. The molecule has 2 aromatic carbocycles. The molecular formula is C16H12F3N3O5. The molecule has 0 bridgehead atoms. The maximum Gasteiger partial charge on any atom is 0.416 e. The Morgan fingerprint density at radius 1 is 1.07 bits per heavy atom. The third kappa shape index (κ3) is 5.70. The smallest absolute Gasteiger partial charge is 0.416 e. The Morgan fingerprint density at radius 2 is 1.78 bits per heavy atom. The van der Waals surface area contributed by atoms with Crippen LogP contribution in [0.3, 0.4) is 0 Å². The molecule has 8 nitrogen and oxygen atoms in total. The highest BCUT2D eigenvalue weighted by Crippen LogP contribution is 2.31. The lowest BCUT2D eigenvalue weighted by molar-refractivity contribution is -0.384. The van der Waals surface area contributed by atoms with Crippen molar-refractivity contribution in [2.45, 2.75) is 6.18 Å². The number of alkyl halides is 3. The number of nitrogens with zero attached hydrogens (tertiary/aromatic N) is 1. The van der Waals surface area contributed by atoms with Crippen molar-refractivity contribution in [1.82, 2.24) is 10.9 Å². The number of hydrogen-bond donors (Lipinski definition) is 2. The number of non-ortho nitro benzene ring substituents is 1. The van der Waals surface area contributed by atoms with Crippen LogP contribution < -0.4 is 15.6 Å². The SMILES string of the molecule is O=C(COc1cccc(C(F)(F)F)c1)NNC(=O)c1cccc([N+](=O)[O-])c1. The maximum atomic E-state index is 12.6. The van der Waals surface area contributed by atoms with Crippen LogP contribution in [0.25, 0.3) is 0 Å². The quantitative estimate of drug-likeness (QED) is 0.609. The van der Waals surface area contributed by atoms with Gasteiger partial charge in [-0.25, -0.2) is 0 Å². The lowest BCUT2D eigenvalue weighted by Gasteiger charge is -2.11. The highest BCUT2D eigenvalue weighted by molar-refractivity contribution is 5.96. The minimum Gasteiger partial charge on any atom is -0.484 e. The topological polar surface area (TPSA) is 111 Å². The normalized spacial score (nSPS) is 10.8. The molecule has 0 fully saturated rings. The summed E-state index contributed by atoms with van der Waals surface area (Å²) in [6.45, 7) is -0.656. The van der Waals surface area contributed by atoms with E-state index in [4.69, 9.17) is 4.74 Å². The van der Waals surface area contributed by atoms with E-state index in [1.54, 1.807) is 0 Å². The number of hydrazine groups is 1. The summed E-state index contributed by atoms with van der Waals surface area (Å²) in [4.78, 5) is 33.4. The van der Waals surface area contributed by atoms with Crippen molar-refractivity contribution < 1.29 is 32.4 Å². The Hall–Kier alpha value is -3.63. The number of benzene rings is 2. The zero-order valence-electron chi connectivity index (χ0n) is 13.4. The summed E-state index contributed by atoms with van der Waals surface area (Å²) in [5, 5.41) is 10.7. The number of nitro groups is 1. The molecule has 11 heteroatoms. The predicted octanol–water partition coefficient (Wildman–Crippen LogP) is 2.45. The van der Waals surface area contributed by atoms with E-state index < -0.39 is 35.1 Å². The van der Waals surface area contributed by atoms with Crippen molar-refractivity contribution in [2.24, 2.45) is 0 Å². The fraction of sp³-hybridized carbons (Fsp3) is 0.125. The van der Waals surface area contributed by atoms with Crippen LogP contribution in [0.4, 0.5) is 18.9 Å². The van der Waals surface area contributed by atoms with Gasteiger partial charge in [0, 0.05) is 17.7 Å². The van der Waals surface area contributed by atoms with Crippen LogP contribution in [0.1, 0.15) is 15.9 Å². The minimum atomic E-state index is -4.55. The highest BCUT2D eigenvalue weighted by atomic mass is 19.4. The molecule has 27 heavy (non-hydrogen) atoms. The average Bonchev–Trinajstić information content (AvgIpc) is 2.64. The van der Waals surface area contributed by atoms with Crippen LogP contribution in [0.2, 0.25) is 0 Å². The van der Waals surface area contributed by atoms with Crippen molar-refractivity contribution in [3.8, 4) is 5.75 Å². The maximum absolute atomic E-state index is 12.6. The fourth-order valence-corrected chi connectivity index (χ4v) is 1.91. The third-order valence-corrected chi connectivity index (χ3v) is 3.17. The largest absolute Gasteiger partial charge is 0.484 e. The number of ether oxygens (including phenoxy) is 1. The molecule has 0 aliphatic carbocycles. The first-order valence-corrected chi connectivity index (χ1v) is 7.30. The Labute approximate surface area is 150 Å². The monoisotopic (exact) mass is 383 g/mol. The Morgan fingerprint density at radius 3 is 2.44 bits per heavy atom. The molecule has 2 aromatic rings. The number of rotatable bonds is 5. The number of nitro benzene ring substituents is 1. The molecule has 0 heterocycles. The van der Waals surface area contributed by atoms with Gasteiger partial charge in [-0.1, -0.05) is 12.1 Å². The zero-order chi connectivity index (χ0) is 20.0. The Bertz CT molecular complexity index is 870. The lowest BCUT2D eigenvalue weighted by atomic mass is 10.2. The molecule has 0 saturated heterocycles. The molecule has 2 rings (SSSR count). The summed E-state index contributed by atoms with van der Waals surface area (Å²) in [5.74, 6) is -1.83. The minimum absolute atomic E-state index is 0.0664. The summed E-state index contributed by atoms with van der Waals surface area (Å²) in [5.41, 5.74) is 2.70. The number of carbonyl (C=O) groups excluding carboxylic acids is 2. The van der Waals surface area contributed by atoms with Crippen molar-refractivity contribution in [3.05, 3.63) is 69.8 Å². The van der Waals surface area contributed by atoms with Gasteiger partial charge in [-0.15, -0.1) is 0 Å². The van der Waals surface area contributed by atoms with E-state index >= 15 is 0 Å². The van der Waals surface area contributed by atoms with Gasteiger partial charge in [0.1, 0.15) is 5.75 Å². The molecule has 0 radical (unpaired) electrons. The Balaban J connectivity index is 1.87. The van der Waals surface area contributed by atoms with Crippen LogP contribution in [0.15, 0.2) is 48.5 Å². The van der Waals surface area contributed by atoms with E-state index in [2.05, 4.69) is 0 Å². The molecule has 0 aliphatic heterocycles. The first-order chi connectivity index (χ1) is 12.7. The zero-order valence-corrected chi connectivity index (χ0v) is 13.4. The van der Waals surface area contributed by atoms with E-state index in [-0.39, 0.29) is 17.0 Å². The lowest BCUT2D eigenvalue weighted by Crippen LogP contribution is -2.43. The number of nitrogens with one attached hydrogen (secondary N) is 2. The van der Waals surface area contributed by atoms with Gasteiger partial charge in [0.25, 0.3) is 17.5 Å². The van der Waals surface area contributed by atoms with Crippen LogP contribution >= 0.6 is 0 Å². The number of halogens is 3. The second-order valence-electron chi connectivity index (χ2n) is 5.12. The molecule has 0 atom stereocenters. The van der Waals surface area contributed by atoms with Gasteiger partial charge in [-0.05, 0) is 24.3 Å². The number of amides is 2. The second kappa shape index (κ2) is 8.17. The third-order valence-electron chi connectivity index (χ3n) is 3.17. The molecule has 2 amide bonds. The van der Waals surface area contributed by atoms with Crippen LogP contribution in [0.5, 0.6) is 5.75 Å². The molecule has 0 spiro atoms. The molecule has 0 aromatic heterocycles. The Kier molecular flexibility index (Phi) is 5.96. The van der Waals surface area contributed by atoms with Crippen LogP contribution in [-0.2, 0) is 11.0 Å². The van der Waals surface area contributed by atoms with Crippen molar-refractivity contribution in [3.63, 3.8) is 0 Å². The van der Waals surface area contributed by atoms with Gasteiger partial charge in [-0.2, -0.15) is 13.2 Å². The standard InChI is InChI=1S/C16H12F3N3O5/c17-16(18,19)11-4-2-6-13(8-11)27-9-14(23)20-21-15(24)10-3-1-5-12(7-10)22(25)26/h1-8H,9H2,(H,20,23)(H,21,24). The van der Waals surface area contributed by atoms with E-state index in [0.717, 1.165) is 24.3 Å². The van der Waals surface area contributed by atoms with E-state index in [0.29, 0.717) is 0 Å². The molecule has 2 N–H and O–H groups in total. The van der Waals surface area contributed by atoms with Gasteiger partial charge in [0.15, 0.2) is 6.61 Å². The van der Waals surface area contributed by atoms with Gasteiger partial charge in [0.2, 0.25) is 0 Å². The van der Waals surface area contributed by atoms with E-state index in [1.807, 2.05) is 10.9 Å². The summed E-state index contributed by atoms with van der Waals surface area (Å²) in [6.07, 6.45) is -4.55. The second-order valence-corrected chi connectivity index (χ2v) is 5.12. The first kappa shape index (κ1) is 19.7. The van der Waals surface area contributed by atoms with Crippen LogP contribution in [-0.4, -0.2) is 23.3 Å². The van der Waals surface area contributed by atoms with Gasteiger partial charge in [-0.3, -0.25) is 30.6 Å². The molecule has 142 valence electrons. The molecular weight excluding hydrogens is 371 g/mol. The summed E-state index contributed by atoms with van der Waals surface area (Å²) in [6, 6.07) is 8.75. The van der Waals surface area contributed by atoms with E-state index in [1.165, 1.54) is 24.3 Å². The molecule has 0 saturated carbocycles. The average molecular weight is 383 g/mol. The fourth-order valence-electron chi connectivity index (χ4n) is 1.91. The highest BCUT2D eigenvalue weighted by Gasteiger charge is 2.30. The summed E-state index contributed by atoms with van der Waals surface area (Å²) < 4.78 is 42.7. The van der Waals surface area contributed by atoms with Gasteiger partial charge < -0.3 is 4.74 Å². The predicted molar refractivity (Wildman–Crippen MR) is 85.6 cm³/mol. The molecule has 0 unspecified atom stereocenters. The van der Waals surface area contributed by atoms with Crippen LogP contribution in [0, 0.1) is 10.1 Å². The van der Waals surface area contributed by atoms with Crippen molar-refractivity contribution in [1.29, 1.82) is 0 Å².